The van der Waals surface area contributed by atoms with E-state index in [2.05, 4.69) is 45.6 Å². The summed E-state index contributed by atoms with van der Waals surface area (Å²) in [6.45, 7) is 2.86. The van der Waals surface area contributed by atoms with Crippen molar-refractivity contribution in [3.63, 3.8) is 0 Å². The topological polar surface area (TPSA) is 43.8 Å². The first-order valence-corrected chi connectivity index (χ1v) is 7.41. The number of halogens is 1. The molecule has 1 aliphatic carbocycles. The highest BCUT2D eigenvalue weighted by atomic mass is 79.9. The van der Waals surface area contributed by atoms with Gasteiger partial charge in [0.05, 0.1) is 11.0 Å². The van der Waals surface area contributed by atoms with Crippen LogP contribution in [0.5, 0.6) is 0 Å². The average Bonchev–Trinajstić information content (AvgIpc) is 3.13. The molecule has 18 heavy (non-hydrogen) atoms. The van der Waals surface area contributed by atoms with Crippen molar-refractivity contribution in [1.29, 1.82) is 0 Å². The van der Waals surface area contributed by atoms with Crippen molar-refractivity contribution < 1.29 is 0 Å². The molecule has 2 N–H and O–H groups in total. The lowest BCUT2D eigenvalue weighted by atomic mass is 10.1. The van der Waals surface area contributed by atoms with E-state index < -0.39 is 0 Å². The van der Waals surface area contributed by atoms with Gasteiger partial charge in [0.1, 0.15) is 5.82 Å². The SMILES string of the molecule is CCC(CN)c1nc2cc(Br)ccc2n1C1CC1. The monoisotopic (exact) mass is 307 g/mol. The molecule has 3 nitrogen and oxygen atoms in total. The third kappa shape index (κ3) is 1.97. The highest BCUT2D eigenvalue weighted by Gasteiger charge is 2.30. The minimum absolute atomic E-state index is 0.372. The molecule has 1 unspecified atom stereocenters. The second kappa shape index (κ2) is 4.67. The van der Waals surface area contributed by atoms with Crippen molar-refractivity contribution in [2.24, 2.45) is 5.73 Å². The van der Waals surface area contributed by atoms with E-state index in [9.17, 15) is 0 Å². The number of rotatable bonds is 4. The lowest BCUT2D eigenvalue weighted by molar-refractivity contribution is 0.580. The summed E-state index contributed by atoms with van der Waals surface area (Å²) in [4.78, 5) is 4.83. The van der Waals surface area contributed by atoms with Gasteiger partial charge >= 0.3 is 0 Å². The van der Waals surface area contributed by atoms with Gasteiger partial charge in [-0.05, 0) is 37.5 Å². The van der Waals surface area contributed by atoms with E-state index in [4.69, 9.17) is 10.7 Å². The molecule has 96 valence electrons. The molecule has 0 saturated heterocycles. The van der Waals surface area contributed by atoms with Crippen LogP contribution in [0.4, 0.5) is 0 Å². The summed E-state index contributed by atoms with van der Waals surface area (Å²) in [5, 5.41) is 0. The summed E-state index contributed by atoms with van der Waals surface area (Å²) in [6, 6.07) is 7.00. The molecule has 2 aromatic rings. The first kappa shape index (κ1) is 12.2. The molecule has 3 rings (SSSR count). The molecule has 0 radical (unpaired) electrons. The molecule has 1 fully saturated rings. The maximum Gasteiger partial charge on any atom is 0.114 e. The van der Waals surface area contributed by atoms with E-state index in [1.165, 1.54) is 24.2 Å². The predicted molar refractivity (Wildman–Crippen MR) is 77.8 cm³/mol. The molecule has 1 heterocycles. The van der Waals surface area contributed by atoms with Gasteiger partial charge in [-0.1, -0.05) is 22.9 Å². The van der Waals surface area contributed by atoms with Gasteiger partial charge in [-0.15, -0.1) is 0 Å². The molecule has 0 bridgehead atoms. The van der Waals surface area contributed by atoms with Crippen LogP contribution in [0.1, 0.15) is 44.0 Å². The van der Waals surface area contributed by atoms with Crippen molar-refractivity contribution >= 4 is 27.0 Å². The highest BCUT2D eigenvalue weighted by Crippen LogP contribution is 2.40. The zero-order valence-corrected chi connectivity index (χ0v) is 12.2. The van der Waals surface area contributed by atoms with Crippen LogP contribution >= 0.6 is 15.9 Å². The number of aromatic nitrogens is 2. The number of hydrogen-bond acceptors (Lipinski definition) is 2. The number of nitrogens with two attached hydrogens (primary N) is 1. The zero-order valence-electron chi connectivity index (χ0n) is 10.6. The molecular formula is C14H18BrN3. The molecule has 1 aromatic heterocycles. The Labute approximate surface area is 116 Å². The predicted octanol–water partition coefficient (Wildman–Crippen LogP) is 3.59. The molecule has 1 aromatic carbocycles. The Kier molecular flexibility index (Phi) is 3.16. The molecule has 1 saturated carbocycles. The lowest BCUT2D eigenvalue weighted by Crippen LogP contribution is -2.16. The van der Waals surface area contributed by atoms with Crippen LogP contribution < -0.4 is 5.73 Å². The maximum atomic E-state index is 5.89. The van der Waals surface area contributed by atoms with E-state index in [1.54, 1.807) is 0 Å². The van der Waals surface area contributed by atoms with Gasteiger partial charge < -0.3 is 10.3 Å². The van der Waals surface area contributed by atoms with Crippen molar-refractivity contribution in [1.82, 2.24) is 9.55 Å². The summed E-state index contributed by atoms with van der Waals surface area (Å²) in [5.41, 5.74) is 8.23. The van der Waals surface area contributed by atoms with Gasteiger partial charge in [-0.25, -0.2) is 4.98 Å². The van der Waals surface area contributed by atoms with Gasteiger partial charge in [-0.2, -0.15) is 0 Å². The van der Waals surface area contributed by atoms with Crippen LogP contribution in [-0.4, -0.2) is 16.1 Å². The average molecular weight is 308 g/mol. The first-order valence-electron chi connectivity index (χ1n) is 6.62. The Hall–Kier alpha value is -0.870. The Bertz CT molecular complexity index is 568. The lowest BCUT2D eigenvalue weighted by Gasteiger charge is -2.14. The summed E-state index contributed by atoms with van der Waals surface area (Å²) in [6.07, 6.45) is 3.60. The van der Waals surface area contributed by atoms with Crippen LogP contribution in [0.3, 0.4) is 0 Å². The molecule has 0 aliphatic heterocycles. The summed E-state index contributed by atoms with van der Waals surface area (Å²) >= 11 is 3.52. The van der Waals surface area contributed by atoms with E-state index in [0.717, 1.165) is 16.4 Å². The van der Waals surface area contributed by atoms with Crippen LogP contribution in [0.25, 0.3) is 11.0 Å². The van der Waals surface area contributed by atoms with Crippen molar-refractivity contribution in [2.75, 3.05) is 6.54 Å². The Morgan fingerprint density at radius 1 is 1.50 bits per heavy atom. The number of hydrogen-bond donors (Lipinski definition) is 1. The molecule has 4 heteroatoms. The fraction of sp³-hybridized carbons (Fsp3) is 0.500. The third-order valence-electron chi connectivity index (χ3n) is 3.73. The fourth-order valence-electron chi connectivity index (χ4n) is 2.55. The van der Waals surface area contributed by atoms with Crippen molar-refractivity contribution in [2.45, 2.75) is 38.1 Å². The first-order chi connectivity index (χ1) is 8.74. The quantitative estimate of drug-likeness (QED) is 0.938. The Morgan fingerprint density at radius 3 is 2.89 bits per heavy atom. The summed E-state index contributed by atoms with van der Waals surface area (Å²) in [5.74, 6) is 1.55. The van der Waals surface area contributed by atoms with Gasteiger partial charge in [0.25, 0.3) is 0 Å². The Balaban J connectivity index is 2.19. The third-order valence-corrected chi connectivity index (χ3v) is 4.23. The zero-order chi connectivity index (χ0) is 12.7. The van der Waals surface area contributed by atoms with E-state index >= 15 is 0 Å². The van der Waals surface area contributed by atoms with Crippen LogP contribution in [0.15, 0.2) is 22.7 Å². The molecule has 0 amide bonds. The molecule has 1 atom stereocenters. The van der Waals surface area contributed by atoms with Crippen LogP contribution in [0, 0.1) is 0 Å². The van der Waals surface area contributed by atoms with Gasteiger partial charge in [0, 0.05) is 23.0 Å². The van der Waals surface area contributed by atoms with Crippen molar-refractivity contribution in [3.05, 3.63) is 28.5 Å². The van der Waals surface area contributed by atoms with Gasteiger partial charge in [0.15, 0.2) is 0 Å². The molecule has 1 aliphatic rings. The second-order valence-electron chi connectivity index (χ2n) is 5.05. The Morgan fingerprint density at radius 2 is 2.28 bits per heavy atom. The minimum Gasteiger partial charge on any atom is -0.330 e. The van der Waals surface area contributed by atoms with Crippen LogP contribution in [-0.2, 0) is 0 Å². The van der Waals surface area contributed by atoms with Gasteiger partial charge in [0.2, 0.25) is 0 Å². The number of benzene rings is 1. The number of nitrogens with zero attached hydrogens (tertiary/aromatic N) is 2. The summed E-state index contributed by atoms with van der Waals surface area (Å²) in [7, 11) is 0. The highest BCUT2D eigenvalue weighted by molar-refractivity contribution is 9.10. The standard InChI is InChI=1S/C14H18BrN3/c1-2-9(8-16)14-17-12-7-10(15)3-6-13(12)18(14)11-4-5-11/h3,6-7,9,11H,2,4-5,8,16H2,1H3. The molecule has 0 spiro atoms. The maximum absolute atomic E-state index is 5.89. The smallest absolute Gasteiger partial charge is 0.114 e. The normalized spacial score (nSPS) is 17.3. The second-order valence-corrected chi connectivity index (χ2v) is 5.96. The van der Waals surface area contributed by atoms with E-state index in [0.29, 0.717) is 18.5 Å². The van der Waals surface area contributed by atoms with E-state index in [1.807, 2.05) is 0 Å². The largest absolute Gasteiger partial charge is 0.330 e. The minimum atomic E-state index is 0.372. The number of imidazole rings is 1. The van der Waals surface area contributed by atoms with Gasteiger partial charge in [-0.3, -0.25) is 0 Å². The van der Waals surface area contributed by atoms with Crippen LogP contribution in [0.2, 0.25) is 0 Å². The summed E-state index contributed by atoms with van der Waals surface area (Å²) < 4.78 is 3.51. The van der Waals surface area contributed by atoms with E-state index in [-0.39, 0.29) is 0 Å². The fourth-order valence-corrected chi connectivity index (χ4v) is 2.90. The van der Waals surface area contributed by atoms with Crippen molar-refractivity contribution in [3.8, 4) is 0 Å². The molecular weight excluding hydrogens is 290 g/mol. The number of fused-ring (bicyclic) bond motifs is 1.